The molecule has 0 saturated heterocycles. The molecule has 1 atom stereocenters. The zero-order chi connectivity index (χ0) is 19.7. The van der Waals surface area contributed by atoms with E-state index in [2.05, 4.69) is 21.7 Å². The molecule has 28 heavy (non-hydrogen) atoms. The maximum atomic E-state index is 13.5. The van der Waals surface area contributed by atoms with Crippen LogP contribution < -0.4 is 0 Å². The second kappa shape index (κ2) is 7.73. The van der Waals surface area contributed by atoms with Gasteiger partial charge in [-0.3, -0.25) is 15.0 Å². The zero-order valence-corrected chi connectivity index (χ0v) is 15.8. The van der Waals surface area contributed by atoms with Crippen LogP contribution in [-0.2, 0) is 13.1 Å². The van der Waals surface area contributed by atoms with Crippen LogP contribution >= 0.6 is 11.6 Å². The molecule has 0 amide bonds. The molecule has 3 aromatic rings. The fourth-order valence-corrected chi connectivity index (χ4v) is 4.03. The standard InChI is InChI=1S/C21H19ClFN3O2/c22-19-9-8-18(26(27)28)13-16(19)14-25-12-2-11-24-10-1-3-20(24)21(25)15-4-6-17(23)7-5-15/h1,3-10,13,21H,2,11-12,14H2/t21-/m0/s1. The maximum absolute atomic E-state index is 13.5. The summed E-state index contributed by atoms with van der Waals surface area (Å²) in [6.45, 7) is 2.15. The van der Waals surface area contributed by atoms with E-state index in [9.17, 15) is 14.5 Å². The van der Waals surface area contributed by atoms with Gasteiger partial charge in [-0.05, 0) is 47.9 Å². The predicted octanol–water partition coefficient (Wildman–Crippen LogP) is 5.18. The highest BCUT2D eigenvalue weighted by molar-refractivity contribution is 6.31. The summed E-state index contributed by atoms with van der Waals surface area (Å²) in [7, 11) is 0. The van der Waals surface area contributed by atoms with Crippen molar-refractivity contribution < 1.29 is 9.31 Å². The third-order valence-electron chi connectivity index (χ3n) is 5.15. The van der Waals surface area contributed by atoms with Gasteiger partial charge in [0.05, 0.1) is 11.0 Å². The number of fused-ring (bicyclic) bond motifs is 1. The first-order valence-corrected chi connectivity index (χ1v) is 9.48. The molecule has 0 N–H and O–H groups in total. The molecule has 5 nitrogen and oxygen atoms in total. The summed E-state index contributed by atoms with van der Waals surface area (Å²) in [4.78, 5) is 13.0. The fourth-order valence-electron chi connectivity index (χ4n) is 3.85. The number of nitrogens with zero attached hydrogens (tertiary/aromatic N) is 3. The number of nitro groups is 1. The molecule has 0 fully saturated rings. The molecule has 0 aliphatic carbocycles. The van der Waals surface area contributed by atoms with Gasteiger partial charge >= 0.3 is 0 Å². The lowest BCUT2D eigenvalue weighted by atomic mass is 10.0. The quantitative estimate of drug-likeness (QED) is 0.448. The molecule has 0 bridgehead atoms. The largest absolute Gasteiger partial charge is 0.350 e. The minimum Gasteiger partial charge on any atom is -0.350 e. The number of aromatic nitrogens is 1. The van der Waals surface area contributed by atoms with E-state index in [0.717, 1.165) is 30.8 Å². The maximum Gasteiger partial charge on any atom is 0.269 e. The minimum absolute atomic E-state index is 0.0240. The van der Waals surface area contributed by atoms with Gasteiger partial charge in [0.1, 0.15) is 5.82 Å². The van der Waals surface area contributed by atoms with E-state index in [1.54, 1.807) is 18.2 Å². The van der Waals surface area contributed by atoms with Gasteiger partial charge < -0.3 is 4.57 Å². The summed E-state index contributed by atoms with van der Waals surface area (Å²) >= 11 is 6.35. The number of benzene rings is 2. The summed E-state index contributed by atoms with van der Waals surface area (Å²) in [6, 6.07) is 15.0. The SMILES string of the molecule is O=[N+]([O-])c1ccc(Cl)c(CN2CCCn3cccc3[C@@H]2c2ccc(F)cc2)c1. The summed E-state index contributed by atoms with van der Waals surface area (Å²) in [5.74, 6) is -0.277. The number of nitro benzene ring substituents is 1. The Morgan fingerprint density at radius 2 is 1.93 bits per heavy atom. The highest BCUT2D eigenvalue weighted by Crippen LogP contribution is 2.34. The first kappa shape index (κ1) is 18.7. The summed E-state index contributed by atoms with van der Waals surface area (Å²) in [5.41, 5.74) is 2.83. The smallest absolute Gasteiger partial charge is 0.269 e. The van der Waals surface area contributed by atoms with Crippen LogP contribution in [0, 0.1) is 15.9 Å². The highest BCUT2D eigenvalue weighted by atomic mass is 35.5. The van der Waals surface area contributed by atoms with Gasteiger partial charge in [0.15, 0.2) is 0 Å². The van der Waals surface area contributed by atoms with Crippen molar-refractivity contribution in [2.75, 3.05) is 6.54 Å². The van der Waals surface area contributed by atoms with Crippen LogP contribution in [0.3, 0.4) is 0 Å². The topological polar surface area (TPSA) is 51.3 Å². The Morgan fingerprint density at radius 3 is 2.68 bits per heavy atom. The molecule has 1 aromatic heterocycles. The number of halogens is 2. The predicted molar refractivity (Wildman–Crippen MR) is 106 cm³/mol. The van der Waals surface area contributed by atoms with Gasteiger partial charge in [-0.15, -0.1) is 0 Å². The average Bonchev–Trinajstić information content (AvgIpc) is 3.06. The highest BCUT2D eigenvalue weighted by Gasteiger charge is 2.28. The summed E-state index contributed by atoms with van der Waals surface area (Å²) in [6.07, 6.45) is 2.99. The molecule has 4 rings (SSSR count). The summed E-state index contributed by atoms with van der Waals surface area (Å²) in [5, 5.41) is 11.7. The number of aryl methyl sites for hydroxylation is 1. The first-order valence-electron chi connectivity index (χ1n) is 9.10. The molecule has 0 spiro atoms. The van der Waals surface area contributed by atoms with Crippen LogP contribution in [0.1, 0.15) is 29.3 Å². The van der Waals surface area contributed by atoms with Crippen molar-refractivity contribution in [3.05, 3.63) is 98.6 Å². The molecule has 0 radical (unpaired) electrons. The number of rotatable bonds is 4. The lowest BCUT2D eigenvalue weighted by Crippen LogP contribution is -2.29. The van der Waals surface area contributed by atoms with Crippen LogP contribution in [0.5, 0.6) is 0 Å². The fraction of sp³-hybridized carbons (Fsp3) is 0.238. The van der Waals surface area contributed by atoms with Gasteiger partial charge in [-0.2, -0.15) is 0 Å². The molecule has 1 aliphatic rings. The number of non-ortho nitro benzene ring substituents is 1. The molecular formula is C21H19ClFN3O2. The van der Waals surface area contributed by atoms with Crippen molar-refractivity contribution in [1.29, 1.82) is 0 Å². The molecule has 0 unspecified atom stereocenters. The monoisotopic (exact) mass is 399 g/mol. The van der Waals surface area contributed by atoms with Gasteiger partial charge in [0, 0.05) is 48.7 Å². The molecule has 0 saturated carbocycles. The first-order chi connectivity index (χ1) is 13.5. The second-order valence-corrected chi connectivity index (χ2v) is 7.34. The third kappa shape index (κ3) is 3.66. The van der Waals surface area contributed by atoms with Gasteiger partial charge in [0.25, 0.3) is 5.69 Å². The van der Waals surface area contributed by atoms with Crippen molar-refractivity contribution in [2.24, 2.45) is 0 Å². The Bertz CT molecular complexity index is 1000. The molecule has 2 heterocycles. The van der Waals surface area contributed by atoms with Crippen molar-refractivity contribution in [3.8, 4) is 0 Å². The Kier molecular flexibility index (Phi) is 5.15. The average molecular weight is 400 g/mol. The summed E-state index contributed by atoms with van der Waals surface area (Å²) < 4.78 is 15.7. The van der Waals surface area contributed by atoms with Gasteiger partial charge in [0.2, 0.25) is 0 Å². The Labute approximate surface area is 167 Å². The van der Waals surface area contributed by atoms with Crippen LogP contribution in [-0.4, -0.2) is 20.9 Å². The van der Waals surface area contributed by atoms with Crippen molar-refractivity contribution in [2.45, 2.75) is 25.6 Å². The molecule has 1 aliphatic heterocycles. The Morgan fingerprint density at radius 1 is 1.14 bits per heavy atom. The molecular weight excluding hydrogens is 381 g/mol. The molecule has 144 valence electrons. The number of hydrogen-bond donors (Lipinski definition) is 0. The number of hydrogen-bond acceptors (Lipinski definition) is 3. The van der Waals surface area contributed by atoms with E-state index in [1.807, 2.05) is 6.07 Å². The Balaban J connectivity index is 1.75. The minimum atomic E-state index is -0.412. The van der Waals surface area contributed by atoms with E-state index < -0.39 is 4.92 Å². The Hall–Kier alpha value is -2.70. The van der Waals surface area contributed by atoms with Crippen molar-refractivity contribution in [3.63, 3.8) is 0 Å². The lowest BCUT2D eigenvalue weighted by Gasteiger charge is -2.31. The van der Waals surface area contributed by atoms with E-state index in [0.29, 0.717) is 17.1 Å². The lowest BCUT2D eigenvalue weighted by molar-refractivity contribution is -0.384. The van der Waals surface area contributed by atoms with Crippen molar-refractivity contribution >= 4 is 17.3 Å². The van der Waals surface area contributed by atoms with Crippen LogP contribution in [0.15, 0.2) is 60.8 Å². The zero-order valence-electron chi connectivity index (χ0n) is 15.1. The molecule has 7 heteroatoms. The normalized spacial score (nSPS) is 17.1. The molecule has 2 aromatic carbocycles. The second-order valence-electron chi connectivity index (χ2n) is 6.94. The van der Waals surface area contributed by atoms with Crippen LogP contribution in [0.25, 0.3) is 0 Å². The van der Waals surface area contributed by atoms with Crippen LogP contribution in [0.2, 0.25) is 5.02 Å². The van der Waals surface area contributed by atoms with Gasteiger partial charge in [-0.1, -0.05) is 23.7 Å². The van der Waals surface area contributed by atoms with E-state index >= 15 is 0 Å². The van der Waals surface area contributed by atoms with Crippen LogP contribution in [0.4, 0.5) is 10.1 Å². The van der Waals surface area contributed by atoms with E-state index in [4.69, 9.17) is 11.6 Å². The van der Waals surface area contributed by atoms with E-state index in [-0.39, 0.29) is 17.5 Å². The third-order valence-corrected chi connectivity index (χ3v) is 5.52. The van der Waals surface area contributed by atoms with E-state index in [1.165, 1.54) is 24.3 Å². The van der Waals surface area contributed by atoms with Gasteiger partial charge in [-0.25, -0.2) is 4.39 Å². The van der Waals surface area contributed by atoms with Crippen molar-refractivity contribution in [1.82, 2.24) is 9.47 Å².